The number of amides is 1. The fourth-order valence-electron chi connectivity index (χ4n) is 1.89. The molecule has 1 aromatic rings. The highest BCUT2D eigenvalue weighted by Crippen LogP contribution is 2.03. The summed E-state index contributed by atoms with van der Waals surface area (Å²) in [6.45, 7) is 2.62. The van der Waals surface area contributed by atoms with Crippen LogP contribution < -0.4 is 10.6 Å². The van der Waals surface area contributed by atoms with Crippen molar-refractivity contribution in [1.29, 1.82) is 0 Å². The van der Waals surface area contributed by atoms with E-state index in [1.807, 2.05) is 30.3 Å². The molecule has 0 atom stereocenters. The van der Waals surface area contributed by atoms with Crippen LogP contribution in [-0.2, 0) is 11.2 Å². The van der Waals surface area contributed by atoms with Crippen LogP contribution in [0.3, 0.4) is 0 Å². The van der Waals surface area contributed by atoms with Gasteiger partial charge in [-0.15, -0.1) is 0 Å². The molecule has 1 aliphatic heterocycles. The van der Waals surface area contributed by atoms with Crippen molar-refractivity contribution < 1.29 is 4.79 Å². The maximum atomic E-state index is 11.7. The van der Waals surface area contributed by atoms with Gasteiger partial charge < -0.3 is 10.6 Å². The fraction of sp³-hybridized carbons (Fsp3) is 0.357. The molecule has 3 nitrogen and oxygen atoms in total. The molecular weight excluding hydrogens is 212 g/mol. The second kappa shape index (κ2) is 6.21. The molecule has 0 unspecified atom stereocenters. The van der Waals surface area contributed by atoms with Gasteiger partial charge in [-0.05, 0) is 18.5 Å². The Balaban J connectivity index is 1.76. The topological polar surface area (TPSA) is 41.1 Å². The first-order valence-electron chi connectivity index (χ1n) is 6.04. The van der Waals surface area contributed by atoms with Gasteiger partial charge in [0.05, 0.1) is 6.42 Å². The zero-order valence-electron chi connectivity index (χ0n) is 9.91. The van der Waals surface area contributed by atoms with E-state index in [9.17, 15) is 4.79 Å². The normalized spacial score (nSPS) is 15.2. The van der Waals surface area contributed by atoms with E-state index < -0.39 is 0 Å². The Hall–Kier alpha value is -1.61. The van der Waals surface area contributed by atoms with E-state index in [-0.39, 0.29) is 5.91 Å². The van der Waals surface area contributed by atoms with Gasteiger partial charge in [0.15, 0.2) is 0 Å². The third-order valence-corrected chi connectivity index (χ3v) is 2.88. The Morgan fingerprint density at radius 2 is 2.12 bits per heavy atom. The van der Waals surface area contributed by atoms with Crippen molar-refractivity contribution in [2.24, 2.45) is 0 Å². The van der Waals surface area contributed by atoms with Crippen LogP contribution >= 0.6 is 0 Å². The molecule has 2 N–H and O–H groups in total. The Morgan fingerprint density at radius 3 is 2.82 bits per heavy atom. The zero-order valence-corrected chi connectivity index (χ0v) is 9.91. The first kappa shape index (κ1) is 11.9. The van der Waals surface area contributed by atoms with Crippen LogP contribution in [0.25, 0.3) is 0 Å². The molecule has 0 bridgehead atoms. The van der Waals surface area contributed by atoms with Crippen molar-refractivity contribution >= 4 is 5.91 Å². The summed E-state index contributed by atoms with van der Waals surface area (Å²) in [5, 5.41) is 6.22. The van der Waals surface area contributed by atoms with Gasteiger partial charge in [-0.25, -0.2) is 0 Å². The van der Waals surface area contributed by atoms with Crippen molar-refractivity contribution in [3.05, 3.63) is 47.5 Å². The van der Waals surface area contributed by atoms with Crippen LogP contribution in [0.2, 0.25) is 0 Å². The molecule has 0 radical (unpaired) electrons. The van der Waals surface area contributed by atoms with Gasteiger partial charge in [0.2, 0.25) is 5.91 Å². The van der Waals surface area contributed by atoms with Crippen LogP contribution in [0.1, 0.15) is 12.0 Å². The Labute approximate surface area is 102 Å². The molecule has 0 spiro atoms. The van der Waals surface area contributed by atoms with Crippen molar-refractivity contribution in [1.82, 2.24) is 10.6 Å². The summed E-state index contributed by atoms with van der Waals surface area (Å²) in [5.74, 6) is 0.0932. The monoisotopic (exact) mass is 230 g/mol. The lowest BCUT2D eigenvalue weighted by atomic mass is 10.1. The van der Waals surface area contributed by atoms with E-state index in [2.05, 4.69) is 16.7 Å². The molecule has 0 aromatic heterocycles. The molecule has 0 aliphatic carbocycles. The maximum absolute atomic E-state index is 11.7. The highest BCUT2D eigenvalue weighted by atomic mass is 16.1. The fourth-order valence-corrected chi connectivity index (χ4v) is 1.89. The van der Waals surface area contributed by atoms with Crippen LogP contribution in [0.5, 0.6) is 0 Å². The van der Waals surface area contributed by atoms with Crippen molar-refractivity contribution in [2.75, 3.05) is 19.6 Å². The van der Waals surface area contributed by atoms with Crippen molar-refractivity contribution in [3.8, 4) is 0 Å². The van der Waals surface area contributed by atoms with Crippen molar-refractivity contribution in [2.45, 2.75) is 12.8 Å². The minimum absolute atomic E-state index is 0.0932. The summed E-state index contributed by atoms with van der Waals surface area (Å²) in [6, 6.07) is 9.82. The molecule has 3 heteroatoms. The molecule has 17 heavy (non-hydrogen) atoms. The van der Waals surface area contributed by atoms with Gasteiger partial charge in [-0.1, -0.05) is 42.0 Å². The minimum atomic E-state index is 0.0932. The van der Waals surface area contributed by atoms with Gasteiger partial charge in [0, 0.05) is 13.1 Å². The molecule has 1 aliphatic rings. The summed E-state index contributed by atoms with van der Waals surface area (Å²) in [6.07, 6.45) is 3.66. The second-order valence-corrected chi connectivity index (χ2v) is 4.26. The van der Waals surface area contributed by atoms with E-state index in [1.54, 1.807) is 0 Å². The average Bonchev–Trinajstić information content (AvgIpc) is 2.39. The third kappa shape index (κ3) is 4.04. The van der Waals surface area contributed by atoms with Gasteiger partial charge in [-0.2, -0.15) is 0 Å². The Kier molecular flexibility index (Phi) is 4.33. The van der Waals surface area contributed by atoms with Gasteiger partial charge >= 0.3 is 0 Å². The molecule has 0 saturated carbocycles. The summed E-state index contributed by atoms with van der Waals surface area (Å²) in [7, 11) is 0. The van der Waals surface area contributed by atoms with Gasteiger partial charge in [0.25, 0.3) is 0 Å². The molecule has 1 aromatic carbocycles. The summed E-state index contributed by atoms with van der Waals surface area (Å²) >= 11 is 0. The smallest absolute Gasteiger partial charge is 0.224 e. The Morgan fingerprint density at radius 1 is 1.29 bits per heavy atom. The number of carbonyl (C=O) groups excluding carboxylic acids is 1. The lowest BCUT2D eigenvalue weighted by molar-refractivity contribution is -0.120. The molecule has 0 saturated heterocycles. The number of rotatable bonds is 4. The number of hydrogen-bond acceptors (Lipinski definition) is 2. The van der Waals surface area contributed by atoms with Crippen molar-refractivity contribution in [3.63, 3.8) is 0 Å². The van der Waals surface area contributed by atoms with Gasteiger partial charge in [0.1, 0.15) is 0 Å². The predicted molar refractivity (Wildman–Crippen MR) is 68.7 cm³/mol. The molecule has 1 heterocycles. The van der Waals surface area contributed by atoms with E-state index in [0.29, 0.717) is 13.0 Å². The third-order valence-electron chi connectivity index (χ3n) is 2.88. The largest absolute Gasteiger partial charge is 0.352 e. The Bertz CT molecular complexity index is 398. The molecule has 2 rings (SSSR count). The lowest BCUT2D eigenvalue weighted by Crippen LogP contribution is -2.30. The number of nitrogens with one attached hydrogen (secondary N) is 2. The number of benzene rings is 1. The maximum Gasteiger partial charge on any atom is 0.224 e. The van der Waals surface area contributed by atoms with Crippen LogP contribution in [-0.4, -0.2) is 25.5 Å². The van der Waals surface area contributed by atoms with Crippen LogP contribution in [0, 0.1) is 0 Å². The minimum Gasteiger partial charge on any atom is -0.352 e. The molecule has 90 valence electrons. The average molecular weight is 230 g/mol. The van der Waals surface area contributed by atoms with E-state index in [1.165, 1.54) is 5.57 Å². The number of hydrogen-bond donors (Lipinski definition) is 2. The van der Waals surface area contributed by atoms with E-state index >= 15 is 0 Å². The second-order valence-electron chi connectivity index (χ2n) is 4.26. The summed E-state index contributed by atoms with van der Waals surface area (Å²) < 4.78 is 0. The zero-order chi connectivity index (χ0) is 11.9. The first-order chi connectivity index (χ1) is 8.34. The van der Waals surface area contributed by atoms with Crippen LogP contribution in [0.15, 0.2) is 42.0 Å². The lowest BCUT2D eigenvalue weighted by Gasteiger charge is -2.14. The van der Waals surface area contributed by atoms with Crippen LogP contribution in [0.4, 0.5) is 0 Å². The standard InChI is InChI=1S/C14H18N2O/c17-14(10-12-4-2-1-3-5-12)16-11-13-6-8-15-9-7-13/h1-6,15H,7-11H2,(H,16,17). The predicted octanol–water partition coefficient (Wildman–Crippen LogP) is 1.26. The highest BCUT2D eigenvalue weighted by Gasteiger charge is 2.06. The molecular formula is C14H18N2O. The molecule has 0 fully saturated rings. The summed E-state index contributed by atoms with van der Waals surface area (Å²) in [4.78, 5) is 11.7. The van der Waals surface area contributed by atoms with Gasteiger partial charge in [-0.3, -0.25) is 4.79 Å². The molecule has 1 amide bonds. The highest BCUT2D eigenvalue weighted by molar-refractivity contribution is 5.78. The summed E-state index contributed by atoms with van der Waals surface area (Å²) in [5.41, 5.74) is 2.38. The van der Waals surface area contributed by atoms with E-state index in [4.69, 9.17) is 0 Å². The first-order valence-corrected chi connectivity index (χ1v) is 6.04. The van der Waals surface area contributed by atoms with E-state index in [0.717, 1.165) is 25.1 Å². The quantitative estimate of drug-likeness (QED) is 0.765. The SMILES string of the molecule is O=C(Cc1ccccc1)NCC1=CCNCC1. The number of carbonyl (C=O) groups is 1.